The number of hydrogen-bond donors (Lipinski definition) is 0. The second-order valence-electron chi connectivity index (χ2n) is 8.00. The van der Waals surface area contributed by atoms with E-state index in [0.29, 0.717) is 30.4 Å². The smallest absolute Gasteiger partial charge is 0.173 e. The van der Waals surface area contributed by atoms with E-state index in [1.165, 1.54) is 6.08 Å². The molecule has 2 aromatic carbocycles. The van der Waals surface area contributed by atoms with Gasteiger partial charge in [0.15, 0.2) is 11.6 Å². The molecule has 0 saturated heterocycles. The van der Waals surface area contributed by atoms with Gasteiger partial charge in [0.2, 0.25) is 0 Å². The topological polar surface area (TPSA) is 40.9 Å². The summed E-state index contributed by atoms with van der Waals surface area (Å²) in [4.78, 5) is 13.4. The largest absolute Gasteiger partial charge is 0.293 e. The fraction of sp³-hybridized carbons (Fsp3) is 0.200. The molecule has 0 aromatic heterocycles. The number of fused-ring (bicyclic) bond motifs is 2. The summed E-state index contributed by atoms with van der Waals surface area (Å²) in [6, 6.07) is 15.3. The molecule has 1 spiro atoms. The van der Waals surface area contributed by atoms with E-state index in [1.54, 1.807) is 6.07 Å². The number of Topliss-reactive ketones (excluding diaryl/α,β-unsaturated/α-hetero) is 1. The predicted octanol–water partition coefficient (Wildman–Crippen LogP) is 6.15. The molecule has 0 N–H and O–H groups in total. The molecule has 0 bridgehead atoms. The van der Waals surface area contributed by atoms with Crippen molar-refractivity contribution >= 4 is 5.78 Å². The van der Waals surface area contributed by atoms with E-state index in [4.69, 9.17) is 5.26 Å². The van der Waals surface area contributed by atoms with E-state index in [1.807, 2.05) is 42.5 Å². The van der Waals surface area contributed by atoms with Crippen LogP contribution in [-0.2, 0) is 6.42 Å². The van der Waals surface area contributed by atoms with Gasteiger partial charge in [0, 0.05) is 12.0 Å². The highest BCUT2D eigenvalue weighted by atomic mass is 19.2. The lowest BCUT2D eigenvalue weighted by molar-refractivity contribution is 0.0860. The second kappa shape index (κ2) is 6.35. The van der Waals surface area contributed by atoms with Gasteiger partial charge in [0.25, 0.3) is 0 Å². The second-order valence-corrected chi connectivity index (χ2v) is 8.00. The van der Waals surface area contributed by atoms with Crippen LogP contribution in [0.3, 0.4) is 0 Å². The molecule has 0 saturated carbocycles. The minimum atomic E-state index is -0.793. The van der Waals surface area contributed by atoms with Gasteiger partial charge < -0.3 is 0 Å². The quantitative estimate of drug-likeness (QED) is 0.591. The third-order valence-electron chi connectivity index (χ3n) is 6.25. The van der Waals surface area contributed by atoms with E-state index in [0.717, 1.165) is 27.8 Å². The van der Waals surface area contributed by atoms with Crippen molar-refractivity contribution in [3.05, 3.63) is 94.1 Å². The highest BCUT2D eigenvalue weighted by molar-refractivity contribution is 6.07. The van der Waals surface area contributed by atoms with Crippen LogP contribution in [0, 0.1) is 16.7 Å². The number of carbonyl (C=O) groups excluding carboxylic acids is 1. The molecule has 1 unspecified atom stereocenters. The Hall–Kier alpha value is -3.32. The van der Waals surface area contributed by atoms with Crippen LogP contribution in [0.5, 0.6) is 0 Å². The summed E-state index contributed by atoms with van der Waals surface area (Å²) < 4.78 is 27.4. The minimum Gasteiger partial charge on any atom is -0.293 e. The number of halogens is 2. The number of allylic oxidation sites excluding steroid dienone is 6. The SMILES string of the molecule is N#Cc1cccc(-c2ccc3c(c2)C(=O)C2(C=C4CC(F)=C(F)C=C4CC2)C3)c1. The molecule has 0 heterocycles. The highest BCUT2D eigenvalue weighted by Crippen LogP contribution is 2.49. The van der Waals surface area contributed by atoms with Crippen LogP contribution >= 0.6 is 0 Å². The fourth-order valence-electron chi connectivity index (χ4n) is 4.73. The van der Waals surface area contributed by atoms with Crippen LogP contribution in [0.1, 0.15) is 40.7 Å². The van der Waals surface area contributed by atoms with Crippen molar-refractivity contribution in [2.45, 2.75) is 25.7 Å². The first kappa shape index (κ1) is 17.8. The van der Waals surface area contributed by atoms with Crippen molar-refractivity contribution in [3.8, 4) is 17.2 Å². The van der Waals surface area contributed by atoms with Gasteiger partial charge in [-0.2, -0.15) is 5.26 Å². The molecule has 0 amide bonds. The van der Waals surface area contributed by atoms with E-state index in [-0.39, 0.29) is 12.2 Å². The van der Waals surface area contributed by atoms with Gasteiger partial charge in [-0.05, 0) is 71.4 Å². The number of ketones is 1. The summed E-state index contributed by atoms with van der Waals surface area (Å²) in [6.45, 7) is 0. The molecule has 1 atom stereocenters. The molecule has 2 aromatic rings. The number of nitriles is 1. The molecule has 29 heavy (non-hydrogen) atoms. The molecule has 0 radical (unpaired) electrons. The molecule has 3 aliphatic carbocycles. The first-order chi connectivity index (χ1) is 14.0. The zero-order valence-electron chi connectivity index (χ0n) is 15.6. The Morgan fingerprint density at radius 1 is 1.03 bits per heavy atom. The van der Waals surface area contributed by atoms with Gasteiger partial charge in [-0.1, -0.05) is 30.3 Å². The zero-order chi connectivity index (χ0) is 20.2. The predicted molar refractivity (Wildman–Crippen MR) is 106 cm³/mol. The Bertz CT molecular complexity index is 1210. The number of hydrogen-bond acceptors (Lipinski definition) is 2. The van der Waals surface area contributed by atoms with Crippen molar-refractivity contribution in [2.75, 3.05) is 0 Å². The van der Waals surface area contributed by atoms with E-state index < -0.39 is 17.1 Å². The monoisotopic (exact) mass is 385 g/mol. The summed E-state index contributed by atoms with van der Waals surface area (Å²) in [7, 11) is 0. The molecule has 5 rings (SSSR count). The van der Waals surface area contributed by atoms with E-state index >= 15 is 0 Å². The summed E-state index contributed by atoms with van der Waals surface area (Å²) >= 11 is 0. The molecular formula is C25H17F2NO. The van der Waals surface area contributed by atoms with Crippen molar-refractivity contribution in [2.24, 2.45) is 5.41 Å². The Morgan fingerprint density at radius 2 is 1.86 bits per heavy atom. The lowest BCUT2D eigenvalue weighted by atomic mass is 9.70. The molecule has 0 aliphatic heterocycles. The first-order valence-corrected chi connectivity index (χ1v) is 9.64. The van der Waals surface area contributed by atoms with Crippen LogP contribution in [0.15, 0.2) is 77.4 Å². The molecule has 0 fully saturated rings. The molecular weight excluding hydrogens is 368 g/mol. The standard InChI is InChI=1S/C25H17F2NO/c26-22-10-18-6-7-25(13-20(18)11-23(22)27)12-19-5-4-17(9-21(19)24(25)29)16-3-1-2-15(8-16)14-28/h1-5,8-10,13H,6-7,11-12H2. The summed E-state index contributed by atoms with van der Waals surface area (Å²) in [5, 5.41) is 9.13. The highest BCUT2D eigenvalue weighted by Gasteiger charge is 2.46. The number of nitrogens with zero attached hydrogens (tertiary/aromatic N) is 1. The Labute approximate surface area is 167 Å². The average molecular weight is 385 g/mol. The fourth-order valence-corrected chi connectivity index (χ4v) is 4.73. The van der Waals surface area contributed by atoms with Crippen LogP contribution in [-0.4, -0.2) is 5.78 Å². The van der Waals surface area contributed by atoms with Crippen molar-refractivity contribution in [1.29, 1.82) is 5.26 Å². The first-order valence-electron chi connectivity index (χ1n) is 9.64. The van der Waals surface area contributed by atoms with Gasteiger partial charge in [-0.3, -0.25) is 4.79 Å². The Kier molecular flexibility index (Phi) is 3.89. The molecule has 3 aliphatic rings. The van der Waals surface area contributed by atoms with Crippen molar-refractivity contribution in [3.63, 3.8) is 0 Å². The van der Waals surface area contributed by atoms with Gasteiger partial charge in [0.05, 0.1) is 17.0 Å². The van der Waals surface area contributed by atoms with E-state index in [9.17, 15) is 13.6 Å². The number of rotatable bonds is 1. The normalized spacial score (nSPS) is 22.7. The third kappa shape index (κ3) is 2.77. The lowest BCUT2D eigenvalue weighted by Gasteiger charge is -2.32. The van der Waals surface area contributed by atoms with Crippen LogP contribution in [0.4, 0.5) is 8.78 Å². The van der Waals surface area contributed by atoms with Gasteiger partial charge in [-0.15, -0.1) is 0 Å². The van der Waals surface area contributed by atoms with Gasteiger partial charge in [-0.25, -0.2) is 8.78 Å². The van der Waals surface area contributed by atoms with Crippen molar-refractivity contribution in [1.82, 2.24) is 0 Å². The summed E-state index contributed by atoms with van der Waals surface area (Å²) in [5.74, 6) is -1.51. The Morgan fingerprint density at radius 3 is 2.69 bits per heavy atom. The maximum atomic E-state index is 13.8. The summed E-state index contributed by atoms with van der Waals surface area (Å²) in [5.41, 5.74) is 4.89. The maximum absolute atomic E-state index is 13.8. The van der Waals surface area contributed by atoms with Crippen LogP contribution in [0.2, 0.25) is 0 Å². The lowest BCUT2D eigenvalue weighted by Crippen LogP contribution is -2.29. The van der Waals surface area contributed by atoms with Crippen LogP contribution in [0.25, 0.3) is 11.1 Å². The average Bonchev–Trinajstić information content (AvgIpc) is 3.00. The minimum absolute atomic E-state index is 0.0489. The zero-order valence-corrected chi connectivity index (χ0v) is 15.6. The number of benzene rings is 2. The molecule has 142 valence electrons. The van der Waals surface area contributed by atoms with Crippen LogP contribution < -0.4 is 0 Å². The molecule has 2 nitrogen and oxygen atoms in total. The van der Waals surface area contributed by atoms with Gasteiger partial charge >= 0.3 is 0 Å². The molecule has 4 heteroatoms. The maximum Gasteiger partial charge on any atom is 0.173 e. The third-order valence-corrected chi connectivity index (χ3v) is 6.25. The van der Waals surface area contributed by atoms with E-state index in [2.05, 4.69) is 6.07 Å². The Balaban J connectivity index is 1.53. The van der Waals surface area contributed by atoms with Crippen molar-refractivity contribution < 1.29 is 13.6 Å². The summed E-state index contributed by atoms with van der Waals surface area (Å²) in [6.07, 6.45) is 4.84. The number of carbonyl (C=O) groups is 1. The van der Waals surface area contributed by atoms with Gasteiger partial charge in [0.1, 0.15) is 5.83 Å².